The molecule has 0 radical (unpaired) electrons. The van der Waals surface area contributed by atoms with Crippen LogP contribution in [0.15, 0.2) is 30.3 Å². The number of carbonyl (C=O) groups excluding carboxylic acids is 1. The zero-order valence-corrected chi connectivity index (χ0v) is 15.3. The Hall–Kier alpha value is -1.15. The van der Waals surface area contributed by atoms with Crippen molar-refractivity contribution in [1.82, 2.24) is 4.72 Å². The average molecular weight is 377 g/mol. The molecule has 1 aliphatic carbocycles. The van der Waals surface area contributed by atoms with Crippen molar-refractivity contribution >= 4 is 28.4 Å². The molecule has 0 heterocycles. The maximum Gasteiger partial charge on any atom is 0.310 e. The fourth-order valence-corrected chi connectivity index (χ4v) is 4.80. The molecular formula is C16H25ClN2O4S. The molecule has 3 unspecified atom stereocenters. The first kappa shape index (κ1) is 20.9. The fourth-order valence-electron chi connectivity index (χ4n) is 3.02. The number of rotatable bonds is 6. The van der Waals surface area contributed by atoms with Crippen LogP contribution in [0, 0.1) is 5.92 Å². The minimum absolute atomic E-state index is 0. The summed E-state index contributed by atoms with van der Waals surface area (Å²) in [6.07, 6.45) is 2.65. The molecule has 0 saturated heterocycles. The van der Waals surface area contributed by atoms with E-state index in [9.17, 15) is 13.2 Å². The molecule has 6 nitrogen and oxygen atoms in total. The lowest BCUT2D eigenvalue weighted by Gasteiger charge is -2.29. The summed E-state index contributed by atoms with van der Waals surface area (Å²) < 4.78 is 32.5. The maximum atomic E-state index is 12.6. The highest BCUT2D eigenvalue weighted by Crippen LogP contribution is 2.30. The van der Waals surface area contributed by atoms with E-state index in [2.05, 4.69) is 4.72 Å². The SMILES string of the molecule is COC(=O)C1CCCCC1S(=O)(=O)NCC(N)c1ccccc1.Cl. The molecule has 1 aromatic carbocycles. The van der Waals surface area contributed by atoms with Crippen molar-refractivity contribution in [3.05, 3.63) is 35.9 Å². The molecule has 1 aromatic rings. The van der Waals surface area contributed by atoms with Crippen LogP contribution in [0.25, 0.3) is 0 Å². The van der Waals surface area contributed by atoms with Gasteiger partial charge in [-0.15, -0.1) is 12.4 Å². The molecule has 3 N–H and O–H groups in total. The van der Waals surface area contributed by atoms with Crippen molar-refractivity contribution in [3.63, 3.8) is 0 Å². The van der Waals surface area contributed by atoms with Gasteiger partial charge in [-0.25, -0.2) is 13.1 Å². The topological polar surface area (TPSA) is 98.5 Å². The summed E-state index contributed by atoms with van der Waals surface area (Å²) in [7, 11) is -2.33. The second kappa shape index (κ2) is 9.36. The van der Waals surface area contributed by atoms with Gasteiger partial charge < -0.3 is 10.5 Å². The predicted octanol–water partition coefficient (Wildman–Crippen LogP) is 1.76. The summed E-state index contributed by atoms with van der Waals surface area (Å²) in [6, 6.07) is 8.89. The molecule has 2 rings (SSSR count). The largest absolute Gasteiger partial charge is 0.469 e. The first-order chi connectivity index (χ1) is 11.0. The van der Waals surface area contributed by atoms with Gasteiger partial charge in [-0.05, 0) is 18.4 Å². The molecule has 8 heteroatoms. The minimum Gasteiger partial charge on any atom is -0.469 e. The first-order valence-corrected chi connectivity index (χ1v) is 9.37. The van der Waals surface area contributed by atoms with Crippen LogP contribution in [0.3, 0.4) is 0 Å². The molecule has 0 aliphatic heterocycles. The van der Waals surface area contributed by atoms with Crippen LogP contribution in [0.1, 0.15) is 37.3 Å². The molecular weight excluding hydrogens is 352 g/mol. The van der Waals surface area contributed by atoms with Gasteiger partial charge in [0.1, 0.15) is 0 Å². The monoisotopic (exact) mass is 376 g/mol. The van der Waals surface area contributed by atoms with Gasteiger partial charge in [-0.1, -0.05) is 43.2 Å². The van der Waals surface area contributed by atoms with E-state index in [1.807, 2.05) is 30.3 Å². The van der Waals surface area contributed by atoms with E-state index in [0.29, 0.717) is 12.8 Å². The number of nitrogens with two attached hydrogens (primary N) is 1. The number of ether oxygens (including phenoxy) is 1. The number of nitrogens with one attached hydrogen (secondary N) is 1. The first-order valence-electron chi connectivity index (χ1n) is 7.82. The highest BCUT2D eigenvalue weighted by molar-refractivity contribution is 7.90. The Morgan fingerprint density at radius 2 is 1.92 bits per heavy atom. The van der Waals surface area contributed by atoms with E-state index >= 15 is 0 Å². The zero-order valence-electron chi connectivity index (χ0n) is 13.7. The highest BCUT2D eigenvalue weighted by atomic mass is 35.5. The number of esters is 1. The number of hydrogen-bond donors (Lipinski definition) is 2. The fraction of sp³-hybridized carbons (Fsp3) is 0.562. The quantitative estimate of drug-likeness (QED) is 0.737. The van der Waals surface area contributed by atoms with Crippen LogP contribution >= 0.6 is 12.4 Å². The summed E-state index contributed by atoms with van der Waals surface area (Å²) in [5, 5.41) is -0.744. The van der Waals surface area contributed by atoms with E-state index in [-0.39, 0.29) is 19.0 Å². The van der Waals surface area contributed by atoms with E-state index < -0.39 is 33.2 Å². The Kier molecular flexibility index (Phi) is 8.15. The van der Waals surface area contributed by atoms with Crippen LogP contribution in [0.5, 0.6) is 0 Å². The second-order valence-corrected chi connectivity index (χ2v) is 7.85. The zero-order chi connectivity index (χ0) is 16.9. The molecule has 3 atom stereocenters. The summed E-state index contributed by atoms with van der Waals surface area (Å²) in [5.41, 5.74) is 6.90. The van der Waals surface area contributed by atoms with Gasteiger partial charge in [-0.2, -0.15) is 0 Å². The molecule has 0 spiro atoms. The summed E-state index contributed by atoms with van der Waals surface area (Å²) >= 11 is 0. The van der Waals surface area contributed by atoms with Gasteiger partial charge in [0.15, 0.2) is 0 Å². The van der Waals surface area contributed by atoms with Crippen LogP contribution < -0.4 is 10.5 Å². The Morgan fingerprint density at radius 1 is 1.29 bits per heavy atom. The molecule has 0 bridgehead atoms. The number of sulfonamides is 1. The van der Waals surface area contributed by atoms with Crippen molar-refractivity contribution in [2.75, 3.05) is 13.7 Å². The van der Waals surface area contributed by atoms with E-state index in [4.69, 9.17) is 10.5 Å². The van der Waals surface area contributed by atoms with Crippen molar-refractivity contribution in [2.45, 2.75) is 37.0 Å². The van der Waals surface area contributed by atoms with Crippen LogP contribution in [-0.4, -0.2) is 33.3 Å². The molecule has 1 fully saturated rings. The van der Waals surface area contributed by atoms with Crippen molar-refractivity contribution < 1.29 is 17.9 Å². The van der Waals surface area contributed by atoms with Crippen LogP contribution in [0.2, 0.25) is 0 Å². The number of benzene rings is 1. The van der Waals surface area contributed by atoms with E-state index in [0.717, 1.165) is 18.4 Å². The summed E-state index contributed by atoms with van der Waals surface area (Å²) in [6.45, 7) is 0.108. The third-order valence-corrected chi connectivity index (χ3v) is 6.27. The molecule has 0 aromatic heterocycles. The predicted molar refractivity (Wildman–Crippen MR) is 95.3 cm³/mol. The lowest BCUT2D eigenvalue weighted by Crippen LogP contribution is -2.45. The van der Waals surface area contributed by atoms with Gasteiger partial charge in [0.25, 0.3) is 0 Å². The highest BCUT2D eigenvalue weighted by Gasteiger charge is 2.40. The lowest BCUT2D eigenvalue weighted by molar-refractivity contribution is -0.146. The molecule has 1 aliphatic rings. The minimum atomic E-state index is -3.62. The lowest BCUT2D eigenvalue weighted by atomic mass is 9.89. The molecule has 136 valence electrons. The maximum absolute atomic E-state index is 12.6. The number of carbonyl (C=O) groups is 1. The van der Waals surface area contributed by atoms with Gasteiger partial charge in [0.2, 0.25) is 10.0 Å². The third-order valence-electron chi connectivity index (χ3n) is 4.34. The van der Waals surface area contributed by atoms with E-state index in [1.54, 1.807) is 0 Å². The molecule has 24 heavy (non-hydrogen) atoms. The van der Waals surface area contributed by atoms with Gasteiger partial charge in [0, 0.05) is 12.6 Å². The normalized spacial score (nSPS) is 22.2. The van der Waals surface area contributed by atoms with Gasteiger partial charge >= 0.3 is 5.97 Å². The summed E-state index contributed by atoms with van der Waals surface area (Å²) in [4.78, 5) is 11.8. The number of halogens is 1. The molecule has 1 saturated carbocycles. The van der Waals surface area contributed by atoms with Crippen molar-refractivity contribution in [2.24, 2.45) is 11.7 Å². The Balaban J connectivity index is 0.00000288. The Labute approximate surface area is 149 Å². The number of hydrogen-bond acceptors (Lipinski definition) is 5. The van der Waals surface area contributed by atoms with Gasteiger partial charge in [-0.3, -0.25) is 4.79 Å². The Morgan fingerprint density at radius 3 is 2.54 bits per heavy atom. The van der Waals surface area contributed by atoms with E-state index in [1.165, 1.54) is 7.11 Å². The molecule has 0 amide bonds. The van der Waals surface area contributed by atoms with Crippen molar-refractivity contribution in [1.29, 1.82) is 0 Å². The average Bonchev–Trinajstić information content (AvgIpc) is 2.59. The van der Waals surface area contributed by atoms with Crippen LogP contribution in [-0.2, 0) is 19.6 Å². The Bertz CT molecular complexity index is 624. The van der Waals surface area contributed by atoms with Crippen molar-refractivity contribution in [3.8, 4) is 0 Å². The number of methoxy groups -OCH3 is 1. The third kappa shape index (κ3) is 5.17. The standard InChI is InChI=1S/C16H24N2O4S.ClH/c1-22-16(19)13-9-5-6-10-15(13)23(20,21)18-11-14(17)12-7-3-2-4-8-12;/h2-4,7-8,13-15,18H,5-6,9-11,17H2,1H3;1H. The van der Waals surface area contributed by atoms with Gasteiger partial charge in [0.05, 0.1) is 18.3 Å². The second-order valence-electron chi connectivity index (χ2n) is 5.86. The smallest absolute Gasteiger partial charge is 0.310 e. The van der Waals surface area contributed by atoms with Crippen LogP contribution in [0.4, 0.5) is 0 Å². The summed E-state index contributed by atoms with van der Waals surface area (Å²) in [5.74, 6) is -1.05.